The molecule has 0 aliphatic carbocycles. The van der Waals surface area contributed by atoms with Gasteiger partial charge in [0, 0.05) is 30.7 Å². The zero-order valence-corrected chi connectivity index (χ0v) is 11.3. The number of rotatable bonds is 4. The van der Waals surface area contributed by atoms with Crippen LogP contribution in [0.2, 0.25) is 0 Å². The molecule has 0 unspecified atom stereocenters. The van der Waals surface area contributed by atoms with Crippen molar-refractivity contribution in [3.8, 4) is 0 Å². The maximum Gasteiger partial charge on any atom is 0.0399 e. The molecule has 1 saturated heterocycles. The Morgan fingerprint density at radius 1 is 1.24 bits per heavy atom. The number of benzene rings is 1. The lowest BCUT2D eigenvalue weighted by molar-refractivity contribution is 0.194. The second-order valence-electron chi connectivity index (χ2n) is 5.39. The van der Waals surface area contributed by atoms with Crippen molar-refractivity contribution in [1.29, 1.82) is 0 Å². The molecule has 1 aromatic rings. The van der Waals surface area contributed by atoms with Crippen LogP contribution in [0.15, 0.2) is 18.2 Å². The van der Waals surface area contributed by atoms with Gasteiger partial charge in [-0.15, -0.1) is 0 Å². The van der Waals surface area contributed by atoms with Gasteiger partial charge in [0.1, 0.15) is 0 Å². The molecule has 0 radical (unpaired) electrons. The summed E-state index contributed by atoms with van der Waals surface area (Å²) in [4.78, 5) is 2.50. The largest absolute Gasteiger partial charge is 0.370 e. The maximum absolute atomic E-state index is 5.72. The van der Waals surface area contributed by atoms with Crippen LogP contribution in [0.3, 0.4) is 0 Å². The van der Waals surface area contributed by atoms with Gasteiger partial charge in [0.15, 0.2) is 0 Å². The second-order valence-corrected chi connectivity index (χ2v) is 5.39. The third-order valence-corrected chi connectivity index (χ3v) is 4.40. The third kappa shape index (κ3) is 2.19. The van der Waals surface area contributed by atoms with Crippen molar-refractivity contribution < 1.29 is 0 Å². The van der Waals surface area contributed by atoms with E-state index >= 15 is 0 Å². The second kappa shape index (κ2) is 4.69. The normalized spacial score (nSPS) is 18.0. The van der Waals surface area contributed by atoms with Gasteiger partial charge in [0.05, 0.1) is 0 Å². The molecule has 94 valence electrons. The number of aryl methyl sites for hydroxylation is 1. The lowest BCUT2D eigenvalue weighted by Crippen LogP contribution is -2.56. The Kier molecular flexibility index (Phi) is 3.43. The average molecular weight is 232 g/mol. The van der Waals surface area contributed by atoms with Crippen molar-refractivity contribution >= 4 is 5.69 Å². The molecule has 1 aliphatic heterocycles. The number of hydrogen-bond acceptors (Lipinski definition) is 2. The minimum Gasteiger partial charge on any atom is -0.370 e. The zero-order valence-electron chi connectivity index (χ0n) is 11.3. The van der Waals surface area contributed by atoms with Gasteiger partial charge in [0.25, 0.3) is 0 Å². The van der Waals surface area contributed by atoms with Crippen molar-refractivity contribution in [1.82, 2.24) is 0 Å². The Morgan fingerprint density at radius 3 is 2.41 bits per heavy atom. The summed E-state index contributed by atoms with van der Waals surface area (Å²) in [6.07, 6.45) is 2.57. The van der Waals surface area contributed by atoms with Crippen LogP contribution in [-0.2, 0) is 6.54 Å². The first-order valence-corrected chi connectivity index (χ1v) is 6.68. The Morgan fingerprint density at radius 2 is 1.88 bits per heavy atom. The van der Waals surface area contributed by atoms with E-state index in [-0.39, 0.29) is 0 Å². The summed E-state index contributed by atoms with van der Waals surface area (Å²) in [7, 11) is 0. The van der Waals surface area contributed by atoms with E-state index in [1.165, 1.54) is 42.7 Å². The van der Waals surface area contributed by atoms with Gasteiger partial charge in [-0.2, -0.15) is 0 Å². The molecule has 0 bridgehead atoms. The van der Waals surface area contributed by atoms with Crippen LogP contribution in [0.1, 0.15) is 37.8 Å². The van der Waals surface area contributed by atoms with E-state index in [1.54, 1.807) is 0 Å². The van der Waals surface area contributed by atoms with E-state index in [2.05, 4.69) is 43.9 Å². The molecule has 2 rings (SSSR count). The van der Waals surface area contributed by atoms with Gasteiger partial charge in [-0.25, -0.2) is 0 Å². The lowest BCUT2D eigenvalue weighted by Gasteiger charge is -2.51. The molecule has 1 aromatic carbocycles. The molecule has 2 nitrogen and oxygen atoms in total. The van der Waals surface area contributed by atoms with E-state index in [9.17, 15) is 0 Å². The topological polar surface area (TPSA) is 29.3 Å². The highest BCUT2D eigenvalue weighted by molar-refractivity contribution is 5.57. The van der Waals surface area contributed by atoms with Crippen LogP contribution in [-0.4, -0.2) is 13.1 Å². The predicted molar refractivity (Wildman–Crippen MR) is 74.3 cm³/mol. The molecular formula is C15H24N2. The third-order valence-electron chi connectivity index (χ3n) is 4.40. The first-order chi connectivity index (χ1) is 8.14. The molecule has 0 aromatic heterocycles. The minimum absolute atomic E-state index is 0.561. The highest BCUT2D eigenvalue weighted by Gasteiger charge is 2.40. The quantitative estimate of drug-likeness (QED) is 0.864. The highest BCUT2D eigenvalue weighted by Crippen LogP contribution is 2.40. The summed E-state index contributed by atoms with van der Waals surface area (Å²) in [6.45, 7) is 9.85. The Bertz CT molecular complexity index is 386. The predicted octanol–water partition coefficient (Wildman–Crippen LogP) is 3.08. The van der Waals surface area contributed by atoms with E-state index < -0.39 is 0 Å². The summed E-state index contributed by atoms with van der Waals surface area (Å²) in [5.41, 5.74) is 10.3. The fourth-order valence-electron chi connectivity index (χ4n) is 2.75. The SMILES string of the molecule is CCC1(CC)CN(c2cc(CN)ccc2C)C1. The monoisotopic (exact) mass is 232 g/mol. The van der Waals surface area contributed by atoms with Crippen molar-refractivity contribution in [3.05, 3.63) is 29.3 Å². The molecule has 1 fully saturated rings. The Labute approximate surface area is 105 Å². The van der Waals surface area contributed by atoms with Gasteiger partial charge < -0.3 is 10.6 Å². The zero-order chi connectivity index (χ0) is 12.5. The van der Waals surface area contributed by atoms with Gasteiger partial charge in [-0.3, -0.25) is 0 Å². The van der Waals surface area contributed by atoms with Crippen LogP contribution < -0.4 is 10.6 Å². The van der Waals surface area contributed by atoms with Gasteiger partial charge >= 0.3 is 0 Å². The van der Waals surface area contributed by atoms with Crippen molar-refractivity contribution in [2.75, 3.05) is 18.0 Å². The van der Waals surface area contributed by atoms with E-state index in [0.29, 0.717) is 12.0 Å². The first kappa shape index (κ1) is 12.4. The summed E-state index contributed by atoms with van der Waals surface area (Å²) in [6, 6.07) is 6.57. The highest BCUT2D eigenvalue weighted by atomic mass is 15.2. The van der Waals surface area contributed by atoms with Crippen LogP contribution in [0.4, 0.5) is 5.69 Å². The molecule has 1 heterocycles. The fourth-order valence-corrected chi connectivity index (χ4v) is 2.75. The molecular weight excluding hydrogens is 208 g/mol. The van der Waals surface area contributed by atoms with Crippen LogP contribution >= 0.6 is 0 Å². The van der Waals surface area contributed by atoms with Gasteiger partial charge in [0.2, 0.25) is 0 Å². The van der Waals surface area contributed by atoms with Crippen LogP contribution in [0.25, 0.3) is 0 Å². The minimum atomic E-state index is 0.561. The smallest absolute Gasteiger partial charge is 0.0399 e. The van der Waals surface area contributed by atoms with Crippen LogP contribution in [0.5, 0.6) is 0 Å². The number of nitrogens with zero attached hydrogens (tertiary/aromatic N) is 1. The van der Waals surface area contributed by atoms with Crippen molar-refractivity contribution in [3.63, 3.8) is 0 Å². The van der Waals surface area contributed by atoms with Crippen molar-refractivity contribution in [2.45, 2.75) is 40.2 Å². The standard InChI is InChI=1S/C15H24N2/c1-4-15(5-2)10-17(11-15)14-8-13(9-16)7-6-12(14)3/h6-8H,4-5,9-11,16H2,1-3H3. The number of nitrogens with two attached hydrogens (primary N) is 1. The average Bonchev–Trinajstić information content (AvgIpc) is 2.31. The molecule has 2 N–H and O–H groups in total. The van der Waals surface area contributed by atoms with E-state index in [1.807, 2.05) is 0 Å². The molecule has 0 spiro atoms. The first-order valence-electron chi connectivity index (χ1n) is 6.68. The van der Waals surface area contributed by atoms with Crippen LogP contribution in [0, 0.1) is 12.3 Å². The molecule has 1 aliphatic rings. The Balaban J connectivity index is 2.15. The van der Waals surface area contributed by atoms with Crippen molar-refractivity contribution in [2.24, 2.45) is 11.1 Å². The summed E-state index contributed by atoms with van der Waals surface area (Å²) >= 11 is 0. The summed E-state index contributed by atoms with van der Waals surface area (Å²) in [5.74, 6) is 0. The number of anilines is 1. The fraction of sp³-hybridized carbons (Fsp3) is 0.600. The summed E-state index contributed by atoms with van der Waals surface area (Å²) in [5, 5.41) is 0. The van der Waals surface area contributed by atoms with Gasteiger partial charge in [-0.05, 0) is 37.0 Å². The lowest BCUT2D eigenvalue weighted by atomic mass is 9.74. The number of hydrogen-bond donors (Lipinski definition) is 1. The molecule has 0 saturated carbocycles. The van der Waals surface area contributed by atoms with E-state index in [4.69, 9.17) is 5.73 Å². The van der Waals surface area contributed by atoms with Gasteiger partial charge in [-0.1, -0.05) is 26.0 Å². The Hall–Kier alpha value is -1.02. The molecule has 0 amide bonds. The maximum atomic E-state index is 5.72. The summed E-state index contributed by atoms with van der Waals surface area (Å²) < 4.78 is 0. The molecule has 0 atom stereocenters. The molecule has 2 heteroatoms. The van der Waals surface area contributed by atoms with E-state index in [0.717, 1.165) is 0 Å². The molecule has 17 heavy (non-hydrogen) atoms.